The summed E-state index contributed by atoms with van der Waals surface area (Å²) in [5.74, 6) is -0.298. The molecule has 0 saturated heterocycles. The van der Waals surface area contributed by atoms with E-state index in [1.165, 1.54) is 0 Å². The van der Waals surface area contributed by atoms with Crippen molar-refractivity contribution in [3.63, 3.8) is 0 Å². The maximum absolute atomic E-state index is 11.1. The monoisotopic (exact) mass is 396 g/mol. The molecule has 0 aliphatic heterocycles. The van der Waals surface area contributed by atoms with Crippen LogP contribution in [0.25, 0.3) is 34.2 Å². The van der Waals surface area contributed by atoms with Crippen LogP contribution in [0.5, 0.6) is 0 Å². The number of rotatable bonds is 6. The summed E-state index contributed by atoms with van der Waals surface area (Å²) in [6.45, 7) is -0.126. The molecule has 1 N–H and O–H groups in total. The van der Waals surface area contributed by atoms with Crippen molar-refractivity contribution in [3.05, 3.63) is 84.4 Å². The van der Waals surface area contributed by atoms with Crippen LogP contribution in [0.1, 0.15) is 11.3 Å². The molecule has 1 aromatic carbocycles. The minimum atomic E-state index is -0.903. The van der Waals surface area contributed by atoms with Gasteiger partial charge in [-0.05, 0) is 65.2 Å². The van der Waals surface area contributed by atoms with Gasteiger partial charge in [0.05, 0.1) is 11.2 Å². The molecule has 0 bridgehead atoms. The van der Waals surface area contributed by atoms with Crippen LogP contribution >= 0.6 is 0 Å². The summed E-state index contributed by atoms with van der Waals surface area (Å²) in [7, 11) is 1.72. The lowest BCUT2D eigenvalue weighted by molar-refractivity contribution is -0.135. The van der Waals surface area contributed by atoms with Crippen molar-refractivity contribution in [3.8, 4) is 11.1 Å². The van der Waals surface area contributed by atoms with E-state index in [-0.39, 0.29) is 6.54 Å². The Morgan fingerprint density at radius 3 is 2.60 bits per heavy atom. The molecular weight excluding hydrogens is 376 g/mol. The molecule has 0 radical (unpaired) electrons. The minimum Gasteiger partial charge on any atom is -0.480 e. The van der Waals surface area contributed by atoms with Crippen LogP contribution in [0.2, 0.25) is 0 Å². The van der Waals surface area contributed by atoms with E-state index >= 15 is 0 Å². The lowest BCUT2D eigenvalue weighted by Crippen LogP contribution is -2.25. The van der Waals surface area contributed by atoms with Crippen LogP contribution in [0.15, 0.2) is 73.2 Å². The summed E-state index contributed by atoms with van der Waals surface area (Å²) in [4.78, 5) is 25.9. The van der Waals surface area contributed by atoms with E-state index in [0.29, 0.717) is 5.82 Å². The number of pyridine rings is 3. The minimum absolute atomic E-state index is 0.126. The van der Waals surface area contributed by atoms with Gasteiger partial charge in [-0.25, -0.2) is 4.98 Å². The maximum Gasteiger partial charge on any atom is 0.323 e. The number of fused-ring (bicyclic) bond motifs is 1. The second-order valence-corrected chi connectivity index (χ2v) is 6.88. The van der Waals surface area contributed by atoms with Crippen LogP contribution in [0.3, 0.4) is 0 Å². The second kappa shape index (κ2) is 8.53. The fourth-order valence-electron chi connectivity index (χ4n) is 3.24. The SMILES string of the molecule is CN(CC(=O)O)c1cc(-c2ccncc2)c2cc(/C=C/c3ccccn3)ccc2n1. The predicted octanol–water partition coefficient (Wildman–Crippen LogP) is 4.38. The van der Waals surface area contributed by atoms with E-state index in [2.05, 4.69) is 21.0 Å². The van der Waals surface area contributed by atoms with Crippen molar-refractivity contribution in [2.45, 2.75) is 0 Å². The van der Waals surface area contributed by atoms with Crippen molar-refractivity contribution in [1.29, 1.82) is 0 Å². The average Bonchev–Trinajstić information content (AvgIpc) is 2.77. The summed E-state index contributed by atoms with van der Waals surface area (Å²) in [5, 5.41) is 10.1. The number of aliphatic carboxylic acids is 1. The number of carboxylic acid groups (broad SMARTS) is 1. The molecule has 30 heavy (non-hydrogen) atoms. The van der Waals surface area contributed by atoms with Gasteiger partial charge in [-0.3, -0.25) is 14.8 Å². The van der Waals surface area contributed by atoms with E-state index in [1.807, 2.05) is 60.7 Å². The Morgan fingerprint density at radius 1 is 1.03 bits per heavy atom. The van der Waals surface area contributed by atoms with Crippen molar-refractivity contribution in [2.24, 2.45) is 0 Å². The first-order chi connectivity index (χ1) is 14.6. The van der Waals surface area contributed by atoms with Crippen molar-refractivity contribution < 1.29 is 9.90 Å². The van der Waals surface area contributed by atoms with Crippen LogP contribution in [-0.4, -0.2) is 39.6 Å². The lowest BCUT2D eigenvalue weighted by atomic mass is 10.00. The molecule has 0 fully saturated rings. The smallest absolute Gasteiger partial charge is 0.323 e. The molecule has 0 aliphatic carbocycles. The van der Waals surface area contributed by atoms with E-state index in [0.717, 1.165) is 33.3 Å². The number of hydrogen-bond acceptors (Lipinski definition) is 5. The number of carboxylic acids is 1. The lowest BCUT2D eigenvalue weighted by Gasteiger charge is -2.18. The maximum atomic E-state index is 11.1. The van der Waals surface area contributed by atoms with Gasteiger partial charge in [-0.15, -0.1) is 0 Å². The van der Waals surface area contributed by atoms with E-state index in [4.69, 9.17) is 5.11 Å². The Bertz CT molecular complexity index is 1210. The molecule has 0 atom stereocenters. The number of nitrogens with zero attached hydrogens (tertiary/aromatic N) is 4. The van der Waals surface area contributed by atoms with E-state index in [9.17, 15) is 4.79 Å². The summed E-state index contributed by atoms with van der Waals surface area (Å²) in [6.07, 6.45) is 9.24. The highest BCUT2D eigenvalue weighted by molar-refractivity contribution is 5.97. The summed E-state index contributed by atoms with van der Waals surface area (Å²) >= 11 is 0. The molecule has 0 amide bonds. The summed E-state index contributed by atoms with van der Waals surface area (Å²) in [6, 6.07) is 17.6. The van der Waals surface area contributed by atoms with Gasteiger partial charge in [0, 0.05) is 31.0 Å². The third kappa shape index (κ3) is 4.33. The van der Waals surface area contributed by atoms with Gasteiger partial charge < -0.3 is 10.0 Å². The first-order valence-corrected chi connectivity index (χ1v) is 9.47. The predicted molar refractivity (Wildman–Crippen MR) is 119 cm³/mol. The van der Waals surface area contributed by atoms with Crippen molar-refractivity contribution in [1.82, 2.24) is 15.0 Å². The highest BCUT2D eigenvalue weighted by Crippen LogP contribution is 2.32. The van der Waals surface area contributed by atoms with Gasteiger partial charge >= 0.3 is 5.97 Å². The molecule has 0 saturated carbocycles. The zero-order valence-electron chi connectivity index (χ0n) is 16.4. The van der Waals surface area contributed by atoms with E-state index < -0.39 is 5.97 Å². The van der Waals surface area contributed by atoms with Gasteiger partial charge in [-0.2, -0.15) is 0 Å². The topological polar surface area (TPSA) is 79.2 Å². The largest absolute Gasteiger partial charge is 0.480 e. The number of likely N-dealkylation sites (N-methyl/N-ethyl adjacent to an activating group) is 1. The molecule has 0 aliphatic rings. The van der Waals surface area contributed by atoms with Gasteiger partial charge in [0.15, 0.2) is 0 Å². The summed E-state index contributed by atoms with van der Waals surface area (Å²) in [5.41, 5.74) is 4.68. The van der Waals surface area contributed by atoms with Crippen LogP contribution in [0.4, 0.5) is 5.82 Å². The molecule has 3 heterocycles. The van der Waals surface area contributed by atoms with Gasteiger partial charge in [0.25, 0.3) is 0 Å². The van der Waals surface area contributed by atoms with Crippen LogP contribution in [-0.2, 0) is 4.79 Å². The number of benzene rings is 1. The molecular formula is C24H20N4O2. The molecule has 6 heteroatoms. The zero-order chi connectivity index (χ0) is 20.9. The quantitative estimate of drug-likeness (QED) is 0.521. The van der Waals surface area contributed by atoms with E-state index in [1.54, 1.807) is 30.5 Å². The fourth-order valence-corrected chi connectivity index (χ4v) is 3.24. The van der Waals surface area contributed by atoms with Crippen LogP contribution < -0.4 is 4.90 Å². The molecule has 0 spiro atoms. The Kier molecular flexibility index (Phi) is 5.48. The zero-order valence-corrected chi connectivity index (χ0v) is 16.4. The number of aromatic nitrogens is 3. The Labute approximate surface area is 174 Å². The molecule has 4 aromatic rings. The molecule has 0 unspecified atom stereocenters. The van der Waals surface area contributed by atoms with Gasteiger partial charge in [-0.1, -0.05) is 18.2 Å². The molecule has 6 nitrogen and oxygen atoms in total. The normalized spacial score (nSPS) is 11.1. The van der Waals surface area contributed by atoms with Crippen molar-refractivity contribution >= 4 is 34.8 Å². The first-order valence-electron chi connectivity index (χ1n) is 9.47. The number of anilines is 1. The third-order valence-electron chi connectivity index (χ3n) is 4.71. The Morgan fingerprint density at radius 2 is 1.87 bits per heavy atom. The Balaban J connectivity index is 1.82. The number of hydrogen-bond donors (Lipinski definition) is 1. The Hall–Kier alpha value is -4.06. The second-order valence-electron chi connectivity index (χ2n) is 6.88. The fraction of sp³-hybridized carbons (Fsp3) is 0.0833. The average molecular weight is 396 g/mol. The third-order valence-corrected chi connectivity index (χ3v) is 4.71. The standard InChI is InChI=1S/C24H20N4O2/c1-28(16-24(29)30)23-15-20(18-9-12-25-13-10-18)21-14-17(6-8-22(21)27-23)5-7-19-4-2-3-11-26-19/h2-15H,16H2,1H3,(H,29,30)/b7-5+. The first kappa shape index (κ1) is 19.3. The number of carbonyl (C=O) groups is 1. The van der Waals surface area contributed by atoms with Gasteiger partial charge in [0.1, 0.15) is 12.4 Å². The molecule has 3 aromatic heterocycles. The highest BCUT2D eigenvalue weighted by Gasteiger charge is 2.13. The van der Waals surface area contributed by atoms with Crippen molar-refractivity contribution in [2.75, 3.05) is 18.5 Å². The highest BCUT2D eigenvalue weighted by atomic mass is 16.4. The summed E-state index contributed by atoms with van der Waals surface area (Å²) < 4.78 is 0. The molecule has 148 valence electrons. The van der Waals surface area contributed by atoms with Crippen LogP contribution in [0, 0.1) is 0 Å². The molecule has 4 rings (SSSR count). The van der Waals surface area contributed by atoms with Gasteiger partial charge in [0.2, 0.25) is 0 Å².